The summed E-state index contributed by atoms with van der Waals surface area (Å²) >= 11 is 1.47. The first kappa shape index (κ1) is 21.1. The second kappa shape index (κ2) is 10.3. The van der Waals surface area contributed by atoms with E-state index in [1.54, 1.807) is 7.11 Å². The maximum Gasteiger partial charge on any atom is 0.261 e. The fraction of sp³-hybridized carbons (Fsp3) is 0.280. The Morgan fingerprint density at radius 1 is 1.03 bits per heavy atom. The van der Waals surface area contributed by atoms with Crippen molar-refractivity contribution in [2.45, 2.75) is 32.2 Å². The Bertz CT molecular complexity index is 1130. The molecule has 0 saturated carbocycles. The molecular weight excluding hydrogens is 406 g/mol. The third kappa shape index (κ3) is 5.14. The zero-order valence-corrected chi connectivity index (χ0v) is 18.5. The lowest BCUT2D eigenvalue weighted by Crippen LogP contribution is -2.23. The van der Waals surface area contributed by atoms with Crippen LogP contribution in [0.25, 0.3) is 11.0 Å². The molecule has 0 aliphatic heterocycles. The number of carbonyl (C=O) groups excluding carboxylic acids is 1. The van der Waals surface area contributed by atoms with Gasteiger partial charge in [0.1, 0.15) is 11.6 Å². The average Bonchev–Trinajstić information content (AvgIpc) is 3.45. The third-order valence-electron chi connectivity index (χ3n) is 5.36. The number of para-hydroxylation sites is 3. The molecule has 0 spiro atoms. The van der Waals surface area contributed by atoms with Crippen LogP contribution in [0.4, 0.5) is 0 Å². The van der Waals surface area contributed by atoms with E-state index in [1.165, 1.54) is 11.3 Å². The quantitative estimate of drug-likeness (QED) is 0.345. The molecule has 4 rings (SSSR count). The summed E-state index contributed by atoms with van der Waals surface area (Å²) in [5.41, 5.74) is 3.31. The van der Waals surface area contributed by atoms with E-state index >= 15 is 0 Å². The van der Waals surface area contributed by atoms with Crippen LogP contribution in [0.2, 0.25) is 0 Å². The Labute approximate surface area is 186 Å². The summed E-state index contributed by atoms with van der Waals surface area (Å²) < 4.78 is 7.85. The summed E-state index contributed by atoms with van der Waals surface area (Å²) in [5.74, 6) is 2.01. The van der Waals surface area contributed by atoms with Crippen molar-refractivity contribution in [2.75, 3.05) is 13.7 Å². The number of aromatic nitrogens is 2. The number of unbranched alkanes of at least 4 members (excludes halogenated alkanes) is 2. The van der Waals surface area contributed by atoms with Crippen molar-refractivity contribution in [2.24, 2.45) is 0 Å². The normalized spacial score (nSPS) is 11.0. The van der Waals surface area contributed by atoms with Gasteiger partial charge in [0.05, 0.1) is 29.6 Å². The van der Waals surface area contributed by atoms with Crippen LogP contribution < -0.4 is 10.1 Å². The molecule has 2 heterocycles. The Kier molecular flexibility index (Phi) is 6.99. The van der Waals surface area contributed by atoms with Crippen molar-refractivity contribution >= 4 is 28.3 Å². The number of rotatable bonds is 10. The van der Waals surface area contributed by atoms with E-state index in [-0.39, 0.29) is 5.91 Å². The molecule has 0 bridgehead atoms. The lowest BCUT2D eigenvalue weighted by Gasteiger charge is -2.12. The van der Waals surface area contributed by atoms with E-state index in [9.17, 15) is 4.79 Å². The molecule has 1 amide bonds. The molecule has 5 nitrogen and oxygen atoms in total. The minimum Gasteiger partial charge on any atom is -0.496 e. The number of aryl methyl sites for hydroxylation is 1. The smallest absolute Gasteiger partial charge is 0.261 e. The molecule has 0 atom stereocenters. The maximum atomic E-state index is 12.0. The summed E-state index contributed by atoms with van der Waals surface area (Å²) in [6.45, 7) is 1.44. The number of benzene rings is 2. The van der Waals surface area contributed by atoms with Crippen LogP contribution in [0.5, 0.6) is 5.75 Å². The van der Waals surface area contributed by atoms with Gasteiger partial charge in [-0.2, -0.15) is 0 Å². The number of hydrogen-bond donors (Lipinski definition) is 1. The monoisotopic (exact) mass is 433 g/mol. The molecule has 31 heavy (non-hydrogen) atoms. The second-order valence-electron chi connectivity index (χ2n) is 7.46. The fourth-order valence-electron chi connectivity index (χ4n) is 3.78. The van der Waals surface area contributed by atoms with Gasteiger partial charge in [0, 0.05) is 18.5 Å². The van der Waals surface area contributed by atoms with Crippen LogP contribution in [-0.2, 0) is 13.0 Å². The van der Waals surface area contributed by atoms with Crippen molar-refractivity contribution in [1.29, 1.82) is 0 Å². The lowest BCUT2D eigenvalue weighted by atomic mass is 10.1. The summed E-state index contributed by atoms with van der Waals surface area (Å²) in [7, 11) is 1.71. The summed E-state index contributed by atoms with van der Waals surface area (Å²) in [4.78, 5) is 17.7. The van der Waals surface area contributed by atoms with Gasteiger partial charge < -0.3 is 14.6 Å². The van der Waals surface area contributed by atoms with Crippen molar-refractivity contribution in [3.8, 4) is 5.75 Å². The highest BCUT2D eigenvalue weighted by atomic mass is 32.1. The van der Waals surface area contributed by atoms with Crippen LogP contribution in [-0.4, -0.2) is 29.1 Å². The van der Waals surface area contributed by atoms with Crippen molar-refractivity contribution < 1.29 is 9.53 Å². The number of amides is 1. The molecule has 4 aromatic rings. The molecule has 0 saturated heterocycles. The van der Waals surface area contributed by atoms with Crippen LogP contribution in [0.1, 0.15) is 40.3 Å². The Morgan fingerprint density at radius 2 is 1.87 bits per heavy atom. The molecule has 1 N–H and O–H groups in total. The Morgan fingerprint density at radius 3 is 2.71 bits per heavy atom. The average molecular weight is 434 g/mol. The standard InChI is InChI=1S/C25H27N3O2S/c1-30-22-13-7-4-10-19(22)18-28-21-12-6-5-11-20(21)27-24(28)15-3-2-8-16-26-25(29)23-14-9-17-31-23/h4-7,9-14,17H,2-3,8,15-16,18H2,1H3,(H,26,29). The second-order valence-corrected chi connectivity index (χ2v) is 8.41. The first-order chi connectivity index (χ1) is 15.3. The van der Waals surface area contributed by atoms with Crippen LogP contribution >= 0.6 is 11.3 Å². The highest BCUT2D eigenvalue weighted by molar-refractivity contribution is 7.12. The zero-order valence-electron chi connectivity index (χ0n) is 17.7. The topological polar surface area (TPSA) is 56.1 Å². The van der Waals surface area contributed by atoms with E-state index in [1.807, 2.05) is 41.8 Å². The van der Waals surface area contributed by atoms with E-state index in [0.29, 0.717) is 6.54 Å². The number of nitrogens with zero attached hydrogens (tertiary/aromatic N) is 2. The van der Waals surface area contributed by atoms with Crippen molar-refractivity contribution in [1.82, 2.24) is 14.9 Å². The number of imidazole rings is 1. The van der Waals surface area contributed by atoms with Gasteiger partial charge in [0.25, 0.3) is 5.91 Å². The third-order valence-corrected chi connectivity index (χ3v) is 6.23. The molecule has 0 fully saturated rings. The number of carbonyl (C=O) groups is 1. The first-order valence-electron chi connectivity index (χ1n) is 10.6. The van der Waals surface area contributed by atoms with E-state index in [2.05, 4.69) is 34.1 Å². The Balaban J connectivity index is 1.37. The first-order valence-corrected chi connectivity index (χ1v) is 11.5. The van der Waals surface area contributed by atoms with Crippen LogP contribution in [0, 0.1) is 0 Å². The number of thiophene rings is 1. The highest BCUT2D eigenvalue weighted by Gasteiger charge is 2.13. The predicted molar refractivity (Wildman–Crippen MR) is 126 cm³/mol. The number of methoxy groups -OCH3 is 1. The summed E-state index contributed by atoms with van der Waals surface area (Å²) in [6, 6.07) is 20.2. The minimum absolute atomic E-state index is 0.0219. The van der Waals surface area contributed by atoms with E-state index in [0.717, 1.165) is 65.3 Å². The molecule has 6 heteroatoms. The van der Waals surface area contributed by atoms with Gasteiger partial charge in [-0.15, -0.1) is 11.3 Å². The SMILES string of the molecule is COc1ccccc1Cn1c(CCCCCNC(=O)c2cccs2)nc2ccccc21. The van der Waals surface area contributed by atoms with Gasteiger partial charge in [0.15, 0.2) is 0 Å². The molecular formula is C25H27N3O2S. The van der Waals surface area contributed by atoms with Gasteiger partial charge >= 0.3 is 0 Å². The zero-order chi connectivity index (χ0) is 21.5. The number of ether oxygens (including phenoxy) is 1. The van der Waals surface area contributed by atoms with Crippen molar-refractivity contribution in [3.05, 3.63) is 82.3 Å². The van der Waals surface area contributed by atoms with Gasteiger partial charge in [-0.05, 0) is 42.5 Å². The van der Waals surface area contributed by atoms with E-state index in [4.69, 9.17) is 9.72 Å². The number of nitrogens with one attached hydrogen (secondary N) is 1. The molecule has 0 unspecified atom stereocenters. The fourth-order valence-corrected chi connectivity index (χ4v) is 4.42. The van der Waals surface area contributed by atoms with Gasteiger partial charge in [-0.1, -0.05) is 42.8 Å². The molecule has 0 radical (unpaired) electrons. The van der Waals surface area contributed by atoms with Gasteiger partial charge in [0.2, 0.25) is 0 Å². The largest absolute Gasteiger partial charge is 0.496 e. The molecule has 160 valence electrons. The van der Waals surface area contributed by atoms with Crippen LogP contribution in [0.3, 0.4) is 0 Å². The Hall–Kier alpha value is -3.12. The van der Waals surface area contributed by atoms with Gasteiger partial charge in [-0.3, -0.25) is 4.79 Å². The molecule has 0 aliphatic carbocycles. The summed E-state index contributed by atoms with van der Waals surface area (Å²) in [6.07, 6.45) is 3.94. The maximum absolute atomic E-state index is 12.0. The van der Waals surface area contributed by atoms with Crippen molar-refractivity contribution in [3.63, 3.8) is 0 Å². The highest BCUT2D eigenvalue weighted by Crippen LogP contribution is 2.24. The van der Waals surface area contributed by atoms with Crippen LogP contribution in [0.15, 0.2) is 66.0 Å². The molecule has 0 aliphatic rings. The number of fused-ring (bicyclic) bond motifs is 1. The lowest BCUT2D eigenvalue weighted by molar-refractivity contribution is 0.0957. The molecule has 2 aromatic carbocycles. The summed E-state index contributed by atoms with van der Waals surface area (Å²) in [5, 5.41) is 4.92. The van der Waals surface area contributed by atoms with E-state index < -0.39 is 0 Å². The predicted octanol–water partition coefficient (Wildman–Crippen LogP) is 5.30. The number of hydrogen-bond acceptors (Lipinski definition) is 4. The molecule has 2 aromatic heterocycles. The minimum atomic E-state index is 0.0219. The van der Waals surface area contributed by atoms with Gasteiger partial charge in [-0.25, -0.2) is 4.98 Å².